The maximum absolute atomic E-state index is 11.7. The van der Waals surface area contributed by atoms with Gasteiger partial charge in [-0.3, -0.25) is 9.78 Å². The van der Waals surface area contributed by atoms with E-state index in [4.69, 9.17) is 0 Å². The number of carbonyl (C=O) groups excluding carboxylic acids is 1. The SMILES string of the molecule is CCC(C)C(O)CNC(=O)c1cncc(I)c1. The standard InChI is InChI=1S/C12H17IN2O2/c1-3-8(2)11(16)7-15-12(17)9-4-10(13)6-14-5-9/h4-6,8,11,16H,3,7H2,1-2H3,(H,15,17). The van der Waals surface area contributed by atoms with Gasteiger partial charge in [-0.25, -0.2) is 0 Å². The lowest BCUT2D eigenvalue weighted by atomic mass is 10.0. The summed E-state index contributed by atoms with van der Waals surface area (Å²) < 4.78 is 0.915. The van der Waals surface area contributed by atoms with E-state index in [1.54, 1.807) is 12.3 Å². The minimum Gasteiger partial charge on any atom is -0.391 e. The van der Waals surface area contributed by atoms with E-state index >= 15 is 0 Å². The first kappa shape index (κ1) is 14.4. The second-order valence-electron chi connectivity index (χ2n) is 4.05. The number of hydrogen-bond donors (Lipinski definition) is 2. The van der Waals surface area contributed by atoms with Gasteiger partial charge in [0.15, 0.2) is 0 Å². The van der Waals surface area contributed by atoms with Crippen LogP contribution in [0.25, 0.3) is 0 Å². The highest BCUT2D eigenvalue weighted by molar-refractivity contribution is 14.1. The van der Waals surface area contributed by atoms with Crippen molar-refractivity contribution in [1.29, 1.82) is 0 Å². The topological polar surface area (TPSA) is 62.2 Å². The van der Waals surface area contributed by atoms with Gasteiger partial charge in [0.05, 0.1) is 11.7 Å². The molecule has 0 aliphatic carbocycles. The molecule has 0 fully saturated rings. The molecule has 0 saturated heterocycles. The Bertz CT molecular complexity index is 385. The molecule has 1 aromatic heterocycles. The Kier molecular flexibility index (Phi) is 5.84. The molecule has 2 unspecified atom stereocenters. The quantitative estimate of drug-likeness (QED) is 0.798. The lowest BCUT2D eigenvalue weighted by molar-refractivity contribution is 0.0850. The van der Waals surface area contributed by atoms with Crippen molar-refractivity contribution < 1.29 is 9.90 Å². The number of nitrogens with one attached hydrogen (secondary N) is 1. The number of amides is 1. The van der Waals surface area contributed by atoms with Gasteiger partial charge in [-0.15, -0.1) is 0 Å². The molecule has 1 rings (SSSR count). The van der Waals surface area contributed by atoms with Crippen LogP contribution in [0.5, 0.6) is 0 Å². The lowest BCUT2D eigenvalue weighted by Gasteiger charge is -2.17. The van der Waals surface area contributed by atoms with Gasteiger partial charge in [0, 0.05) is 22.5 Å². The monoisotopic (exact) mass is 348 g/mol. The molecule has 0 radical (unpaired) electrons. The van der Waals surface area contributed by atoms with Gasteiger partial charge in [-0.05, 0) is 34.6 Å². The molecule has 0 bridgehead atoms. The van der Waals surface area contributed by atoms with Gasteiger partial charge >= 0.3 is 0 Å². The molecule has 1 heterocycles. The predicted molar refractivity (Wildman–Crippen MR) is 74.7 cm³/mol. The molecule has 1 amide bonds. The zero-order valence-corrected chi connectivity index (χ0v) is 12.1. The van der Waals surface area contributed by atoms with E-state index in [1.165, 1.54) is 6.20 Å². The fraction of sp³-hybridized carbons (Fsp3) is 0.500. The first-order valence-electron chi connectivity index (χ1n) is 5.61. The zero-order chi connectivity index (χ0) is 12.8. The van der Waals surface area contributed by atoms with Crippen LogP contribution in [-0.2, 0) is 0 Å². The number of nitrogens with zero attached hydrogens (tertiary/aromatic N) is 1. The van der Waals surface area contributed by atoms with Crippen LogP contribution in [-0.4, -0.2) is 28.6 Å². The highest BCUT2D eigenvalue weighted by Gasteiger charge is 2.14. The summed E-state index contributed by atoms with van der Waals surface area (Å²) in [6, 6.07) is 1.76. The van der Waals surface area contributed by atoms with Gasteiger partial charge in [0.2, 0.25) is 0 Å². The van der Waals surface area contributed by atoms with Gasteiger partial charge < -0.3 is 10.4 Å². The predicted octanol–water partition coefficient (Wildman–Crippen LogP) is 1.82. The maximum atomic E-state index is 11.7. The third-order valence-corrected chi connectivity index (χ3v) is 3.33. The molecule has 0 aromatic carbocycles. The highest BCUT2D eigenvalue weighted by atomic mass is 127. The molecular weight excluding hydrogens is 331 g/mol. The summed E-state index contributed by atoms with van der Waals surface area (Å²) in [5, 5.41) is 12.4. The number of carbonyl (C=O) groups is 1. The Labute approximate surface area is 115 Å². The average Bonchev–Trinajstić information content (AvgIpc) is 2.34. The maximum Gasteiger partial charge on any atom is 0.252 e. The molecule has 2 N–H and O–H groups in total. The third kappa shape index (κ3) is 4.59. The summed E-state index contributed by atoms with van der Waals surface area (Å²) >= 11 is 2.11. The molecule has 2 atom stereocenters. The van der Waals surface area contributed by atoms with E-state index in [2.05, 4.69) is 32.9 Å². The lowest BCUT2D eigenvalue weighted by Crippen LogP contribution is -2.35. The summed E-state index contributed by atoms with van der Waals surface area (Å²) in [7, 11) is 0. The Balaban J connectivity index is 2.50. The molecule has 0 saturated carbocycles. The average molecular weight is 348 g/mol. The second-order valence-corrected chi connectivity index (χ2v) is 5.30. The normalized spacial score (nSPS) is 14.1. The molecular formula is C12H17IN2O2. The van der Waals surface area contributed by atoms with Crippen molar-refractivity contribution in [3.63, 3.8) is 0 Å². The smallest absolute Gasteiger partial charge is 0.252 e. The van der Waals surface area contributed by atoms with Crippen LogP contribution in [0.3, 0.4) is 0 Å². The Morgan fingerprint density at radius 2 is 2.29 bits per heavy atom. The van der Waals surface area contributed by atoms with Crippen molar-refractivity contribution in [1.82, 2.24) is 10.3 Å². The second kappa shape index (κ2) is 6.90. The van der Waals surface area contributed by atoms with Gasteiger partial charge in [-0.2, -0.15) is 0 Å². The van der Waals surface area contributed by atoms with Crippen molar-refractivity contribution >= 4 is 28.5 Å². The van der Waals surface area contributed by atoms with Crippen molar-refractivity contribution in [2.45, 2.75) is 26.4 Å². The number of rotatable bonds is 5. The van der Waals surface area contributed by atoms with E-state index in [9.17, 15) is 9.90 Å². The Morgan fingerprint density at radius 1 is 1.59 bits per heavy atom. The third-order valence-electron chi connectivity index (χ3n) is 2.74. The van der Waals surface area contributed by atoms with Crippen molar-refractivity contribution in [2.24, 2.45) is 5.92 Å². The molecule has 0 aliphatic heterocycles. The molecule has 5 heteroatoms. The van der Waals surface area contributed by atoms with E-state index < -0.39 is 6.10 Å². The number of aliphatic hydroxyl groups excluding tert-OH is 1. The summed E-state index contributed by atoms with van der Waals surface area (Å²) in [5.41, 5.74) is 0.522. The van der Waals surface area contributed by atoms with Crippen molar-refractivity contribution in [3.05, 3.63) is 27.6 Å². The number of halogens is 1. The summed E-state index contributed by atoms with van der Waals surface area (Å²) in [5.74, 6) is -0.0114. The summed E-state index contributed by atoms with van der Waals surface area (Å²) in [6.45, 7) is 4.25. The van der Waals surface area contributed by atoms with E-state index in [0.29, 0.717) is 5.56 Å². The first-order chi connectivity index (χ1) is 8.04. The van der Waals surface area contributed by atoms with E-state index in [1.807, 2.05) is 13.8 Å². The zero-order valence-electron chi connectivity index (χ0n) is 9.98. The number of aromatic nitrogens is 1. The molecule has 0 spiro atoms. The summed E-state index contributed by atoms with van der Waals surface area (Å²) in [6.07, 6.45) is 3.60. The first-order valence-corrected chi connectivity index (χ1v) is 6.69. The number of pyridine rings is 1. The van der Waals surface area contributed by atoms with E-state index in [-0.39, 0.29) is 18.4 Å². The molecule has 4 nitrogen and oxygen atoms in total. The largest absolute Gasteiger partial charge is 0.391 e. The van der Waals surface area contributed by atoms with Crippen molar-refractivity contribution in [3.8, 4) is 0 Å². The Hall–Kier alpha value is -0.690. The van der Waals surface area contributed by atoms with Crippen LogP contribution < -0.4 is 5.32 Å². The van der Waals surface area contributed by atoms with Crippen LogP contribution in [0.15, 0.2) is 18.5 Å². The number of aliphatic hydroxyl groups is 1. The summed E-state index contributed by atoms with van der Waals surface area (Å²) in [4.78, 5) is 15.7. The molecule has 94 valence electrons. The fourth-order valence-electron chi connectivity index (χ4n) is 1.31. The van der Waals surface area contributed by atoms with Gasteiger partial charge in [-0.1, -0.05) is 20.3 Å². The minimum atomic E-state index is -0.500. The minimum absolute atomic E-state index is 0.185. The van der Waals surface area contributed by atoms with Crippen LogP contribution in [0, 0.1) is 9.49 Å². The highest BCUT2D eigenvalue weighted by Crippen LogP contribution is 2.08. The van der Waals surface area contributed by atoms with Crippen LogP contribution in [0.1, 0.15) is 30.6 Å². The van der Waals surface area contributed by atoms with Gasteiger partial charge in [0.25, 0.3) is 5.91 Å². The molecule has 0 aliphatic rings. The molecule has 17 heavy (non-hydrogen) atoms. The van der Waals surface area contributed by atoms with Gasteiger partial charge in [0.1, 0.15) is 0 Å². The van der Waals surface area contributed by atoms with Crippen LogP contribution in [0.2, 0.25) is 0 Å². The van der Waals surface area contributed by atoms with Crippen molar-refractivity contribution in [2.75, 3.05) is 6.54 Å². The molecule has 1 aromatic rings. The number of hydrogen-bond acceptors (Lipinski definition) is 3. The Morgan fingerprint density at radius 3 is 2.88 bits per heavy atom. The van der Waals surface area contributed by atoms with Crippen LogP contribution >= 0.6 is 22.6 Å². The fourth-order valence-corrected chi connectivity index (χ4v) is 1.80. The van der Waals surface area contributed by atoms with E-state index in [0.717, 1.165) is 9.99 Å². The van der Waals surface area contributed by atoms with Crippen LogP contribution in [0.4, 0.5) is 0 Å².